The summed E-state index contributed by atoms with van der Waals surface area (Å²) >= 11 is 0. The predicted molar refractivity (Wildman–Crippen MR) is 37.3 cm³/mol. The molecule has 0 aromatic carbocycles. The van der Waals surface area contributed by atoms with E-state index in [1.54, 1.807) is 6.07 Å². The maximum absolute atomic E-state index is 8.88. The SMILES string of the molecule is CC#N.CO.O.O=P(O)(O)O. The van der Waals surface area contributed by atoms with Crippen molar-refractivity contribution in [2.24, 2.45) is 0 Å². The van der Waals surface area contributed by atoms with Crippen molar-refractivity contribution in [3.63, 3.8) is 0 Å². The quantitative estimate of drug-likeness (QED) is 0.336. The zero-order valence-corrected chi connectivity index (χ0v) is 6.99. The molecule has 0 atom stereocenters. The standard InChI is InChI=1S/C2H3N.CH4O.H3O4P.H2O/c1-2-3;1-2;1-5(2,3)4;/h1H3;2H,1H3;(H3,1,2,3,4);1H2. The van der Waals surface area contributed by atoms with E-state index in [1.165, 1.54) is 6.92 Å². The molecule has 0 saturated carbocycles. The molecular weight excluding hydrogens is 177 g/mol. The van der Waals surface area contributed by atoms with Gasteiger partial charge in [-0.2, -0.15) is 5.26 Å². The lowest BCUT2D eigenvalue weighted by Crippen LogP contribution is -1.66. The van der Waals surface area contributed by atoms with Gasteiger partial charge in [-0.1, -0.05) is 0 Å². The van der Waals surface area contributed by atoms with Crippen LogP contribution in [0.3, 0.4) is 0 Å². The van der Waals surface area contributed by atoms with Gasteiger partial charge in [0, 0.05) is 14.0 Å². The first-order valence-electron chi connectivity index (χ1n) is 1.95. The third kappa shape index (κ3) is 2340. The number of nitrogens with zero attached hydrogens (tertiary/aromatic N) is 1. The Morgan fingerprint density at radius 3 is 1.27 bits per heavy atom. The molecule has 0 fully saturated rings. The molecule has 0 bridgehead atoms. The first kappa shape index (κ1) is 22.4. The van der Waals surface area contributed by atoms with E-state index >= 15 is 0 Å². The molecule has 0 rings (SSSR count). The second kappa shape index (κ2) is 16.3. The largest absolute Gasteiger partial charge is 0.466 e. The molecule has 8 heteroatoms. The summed E-state index contributed by atoms with van der Waals surface area (Å²) in [5, 5.41) is 14.3. The zero-order chi connectivity index (χ0) is 9.21. The molecule has 0 radical (unpaired) electrons. The summed E-state index contributed by atoms with van der Waals surface area (Å²) in [6.45, 7) is 1.43. The number of phosphoric acid groups is 1. The van der Waals surface area contributed by atoms with Crippen LogP contribution < -0.4 is 0 Å². The van der Waals surface area contributed by atoms with Crippen LogP contribution in [-0.2, 0) is 4.57 Å². The molecule has 0 aliphatic rings. The van der Waals surface area contributed by atoms with Gasteiger partial charge < -0.3 is 25.3 Å². The maximum Gasteiger partial charge on any atom is 0.466 e. The van der Waals surface area contributed by atoms with Crippen LogP contribution in [0.4, 0.5) is 0 Å². The van der Waals surface area contributed by atoms with E-state index in [1.807, 2.05) is 0 Å². The van der Waals surface area contributed by atoms with Gasteiger partial charge in [-0.3, -0.25) is 0 Å². The summed E-state index contributed by atoms with van der Waals surface area (Å²) in [5.74, 6) is 0. The van der Waals surface area contributed by atoms with Crippen LogP contribution in [-0.4, -0.2) is 32.4 Å². The highest BCUT2D eigenvalue weighted by atomic mass is 31.2. The average Bonchev–Trinajstić information content (AvgIpc) is 1.68. The van der Waals surface area contributed by atoms with Crippen molar-refractivity contribution in [1.29, 1.82) is 5.26 Å². The molecule has 0 saturated heterocycles. The van der Waals surface area contributed by atoms with Crippen LogP contribution in [0, 0.1) is 11.3 Å². The van der Waals surface area contributed by atoms with Crippen molar-refractivity contribution in [2.75, 3.05) is 7.11 Å². The molecule has 70 valence electrons. The van der Waals surface area contributed by atoms with Gasteiger partial charge in [0.05, 0.1) is 6.07 Å². The Bertz CT molecular complexity index is 116. The van der Waals surface area contributed by atoms with Crippen LogP contribution in [0.1, 0.15) is 6.92 Å². The minimum Gasteiger partial charge on any atom is -0.412 e. The summed E-state index contributed by atoms with van der Waals surface area (Å²) in [6, 6.07) is 1.75. The summed E-state index contributed by atoms with van der Waals surface area (Å²) in [5.41, 5.74) is 0. The van der Waals surface area contributed by atoms with Crippen molar-refractivity contribution in [3.8, 4) is 6.07 Å². The van der Waals surface area contributed by atoms with E-state index in [-0.39, 0.29) is 5.48 Å². The van der Waals surface area contributed by atoms with Crippen molar-refractivity contribution in [1.82, 2.24) is 0 Å². The molecule has 0 aliphatic heterocycles. The third-order valence-electron chi connectivity index (χ3n) is 0. The molecule has 6 N–H and O–H groups in total. The lowest BCUT2D eigenvalue weighted by molar-refractivity contribution is 0.275. The number of aliphatic hydroxyl groups excluding tert-OH is 1. The molecule has 0 amide bonds. The third-order valence-corrected chi connectivity index (χ3v) is 0. The van der Waals surface area contributed by atoms with Crippen molar-refractivity contribution < 1.29 is 29.8 Å². The minimum atomic E-state index is -4.64. The van der Waals surface area contributed by atoms with Gasteiger partial charge in [-0.05, 0) is 0 Å². The van der Waals surface area contributed by atoms with Crippen LogP contribution in [0.15, 0.2) is 0 Å². The highest BCUT2D eigenvalue weighted by molar-refractivity contribution is 7.45. The summed E-state index contributed by atoms with van der Waals surface area (Å²) < 4.78 is 8.88. The molecule has 7 nitrogen and oxygen atoms in total. The number of aliphatic hydroxyl groups is 1. The van der Waals surface area contributed by atoms with Crippen molar-refractivity contribution >= 4 is 7.82 Å². The van der Waals surface area contributed by atoms with E-state index in [9.17, 15) is 0 Å². The van der Waals surface area contributed by atoms with E-state index in [0.717, 1.165) is 7.11 Å². The molecule has 0 heterocycles. The molecular formula is C3H12NO6P. The van der Waals surface area contributed by atoms with Crippen LogP contribution in [0.25, 0.3) is 0 Å². The number of rotatable bonds is 0. The second-order valence-corrected chi connectivity index (χ2v) is 1.76. The van der Waals surface area contributed by atoms with Gasteiger partial charge >= 0.3 is 7.82 Å². The highest BCUT2D eigenvalue weighted by Crippen LogP contribution is 2.25. The van der Waals surface area contributed by atoms with Gasteiger partial charge in [0.25, 0.3) is 0 Å². The molecule has 0 unspecified atom stereocenters. The molecule has 0 aromatic heterocycles. The van der Waals surface area contributed by atoms with Crippen LogP contribution in [0.2, 0.25) is 0 Å². The highest BCUT2D eigenvalue weighted by Gasteiger charge is 2.00. The fourth-order valence-corrected chi connectivity index (χ4v) is 0. The summed E-state index contributed by atoms with van der Waals surface area (Å²) in [7, 11) is -3.64. The first-order chi connectivity index (χ1) is 4.41. The molecule has 0 spiro atoms. The normalized spacial score (nSPS) is 6.64. The lowest BCUT2D eigenvalue weighted by atomic mass is 11.0. The lowest BCUT2D eigenvalue weighted by Gasteiger charge is -1.82. The van der Waals surface area contributed by atoms with Crippen molar-refractivity contribution in [3.05, 3.63) is 0 Å². The fraction of sp³-hybridized carbons (Fsp3) is 0.667. The Labute approximate surface area is 64.1 Å². The van der Waals surface area contributed by atoms with Crippen LogP contribution >= 0.6 is 7.82 Å². The maximum atomic E-state index is 8.88. The number of hydrogen-bond acceptors (Lipinski definition) is 3. The van der Waals surface area contributed by atoms with Crippen LogP contribution in [0.5, 0.6) is 0 Å². The first-order valence-corrected chi connectivity index (χ1v) is 3.52. The Balaban J connectivity index is -0.0000000360. The Kier molecular flexibility index (Phi) is 33.1. The van der Waals surface area contributed by atoms with E-state index < -0.39 is 7.82 Å². The smallest absolute Gasteiger partial charge is 0.412 e. The minimum absolute atomic E-state index is 0. The molecule has 0 aromatic rings. The Morgan fingerprint density at radius 2 is 1.27 bits per heavy atom. The fourth-order valence-electron chi connectivity index (χ4n) is 0. The van der Waals surface area contributed by atoms with E-state index in [4.69, 9.17) is 29.6 Å². The second-order valence-electron chi connectivity index (χ2n) is 0.737. The zero-order valence-electron chi connectivity index (χ0n) is 6.09. The summed E-state index contributed by atoms with van der Waals surface area (Å²) in [4.78, 5) is 21.6. The van der Waals surface area contributed by atoms with Gasteiger partial charge in [0.2, 0.25) is 0 Å². The Morgan fingerprint density at radius 1 is 1.27 bits per heavy atom. The van der Waals surface area contributed by atoms with Gasteiger partial charge in [0.1, 0.15) is 0 Å². The molecule has 11 heavy (non-hydrogen) atoms. The monoisotopic (exact) mass is 189 g/mol. The Hall–Kier alpha value is -0.480. The number of nitriles is 1. The predicted octanol–water partition coefficient (Wildman–Crippen LogP) is -1.61. The summed E-state index contributed by atoms with van der Waals surface area (Å²) in [6.07, 6.45) is 0. The topological polar surface area (TPSA) is 153 Å². The van der Waals surface area contributed by atoms with E-state index in [0.29, 0.717) is 0 Å². The van der Waals surface area contributed by atoms with Gasteiger partial charge in [-0.15, -0.1) is 0 Å². The van der Waals surface area contributed by atoms with Gasteiger partial charge in [0.15, 0.2) is 0 Å². The average molecular weight is 189 g/mol. The van der Waals surface area contributed by atoms with E-state index in [2.05, 4.69) is 0 Å². The number of hydrogen-bond donors (Lipinski definition) is 4. The van der Waals surface area contributed by atoms with Gasteiger partial charge in [-0.25, -0.2) is 4.57 Å². The van der Waals surface area contributed by atoms with Crippen molar-refractivity contribution in [2.45, 2.75) is 6.92 Å². The molecule has 0 aliphatic carbocycles.